The van der Waals surface area contributed by atoms with Gasteiger partial charge in [-0.2, -0.15) is 13.2 Å². The number of anilines is 1. The van der Waals surface area contributed by atoms with E-state index in [-0.39, 0.29) is 18.4 Å². The number of halogens is 4. The Hall–Kier alpha value is -4.35. The number of methoxy groups -OCH3 is 1. The number of esters is 1. The molecule has 0 bridgehead atoms. The predicted molar refractivity (Wildman–Crippen MR) is 147 cm³/mol. The molecule has 0 amide bonds. The van der Waals surface area contributed by atoms with Crippen LogP contribution in [0.4, 0.5) is 23.4 Å². The number of fused-ring (bicyclic) bond motifs is 1. The first-order chi connectivity index (χ1) is 20.1. The van der Waals surface area contributed by atoms with Crippen molar-refractivity contribution in [3.63, 3.8) is 0 Å². The van der Waals surface area contributed by atoms with E-state index in [2.05, 4.69) is 25.3 Å². The molecule has 5 rings (SSSR count). The first-order valence-corrected chi connectivity index (χ1v) is 13.5. The maximum absolute atomic E-state index is 13.7. The zero-order chi connectivity index (χ0) is 29.9. The molecule has 42 heavy (non-hydrogen) atoms. The van der Waals surface area contributed by atoms with Gasteiger partial charge in [0.05, 0.1) is 13.2 Å². The number of ether oxygens (including phenoxy) is 2. The molecular formula is C30H29F4N5O3. The van der Waals surface area contributed by atoms with Crippen molar-refractivity contribution in [1.29, 1.82) is 0 Å². The lowest BCUT2D eigenvalue weighted by Crippen LogP contribution is -2.40. The van der Waals surface area contributed by atoms with Crippen LogP contribution in [0.15, 0.2) is 55.1 Å². The number of hydrogen-bond acceptors (Lipinski definition) is 8. The molecule has 220 valence electrons. The number of aromatic nitrogens is 4. The maximum Gasteiger partial charge on any atom is 0.451 e. The number of nitrogens with one attached hydrogen (secondary N) is 1. The predicted octanol–water partition coefficient (Wildman–Crippen LogP) is 6.92. The fraction of sp³-hybridized carbons (Fsp3) is 0.367. The SMILES string of the molecule is COC(=O)C1(COc2cc(-c3ccc(F)cc3)cc3c(NC(C)c4cnc(C(F)(F)F)nc4)ncnc23)CCCCC1. The molecule has 1 N–H and O–H groups in total. The lowest BCUT2D eigenvalue weighted by Gasteiger charge is -2.34. The van der Waals surface area contributed by atoms with Crippen molar-refractivity contribution in [1.82, 2.24) is 19.9 Å². The molecule has 1 fully saturated rings. The molecule has 1 unspecified atom stereocenters. The Morgan fingerprint density at radius 3 is 2.33 bits per heavy atom. The van der Waals surface area contributed by atoms with Crippen LogP contribution in [0.2, 0.25) is 0 Å². The van der Waals surface area contributed by atoms with Gasteiger partial charge in [-0.15, -0.1) is 0 Å². The summed E-state index contributed by atoms with van der Waals surface area (Å²) >= 11 is 0. The fourth-order valence-electron chi connectivity index (χ4n) is 5.23. The lowest BCUT2D eigenvalue weighted by atomic mass is 9.74. The molecule has 12 heteroatoms. The van der Waals surface area contributed by atoms with E-state index < -0.39 is 23.5 Å². The van der Waals surface area contributed by atoms with E-state index in [0.717, 1.165) is 31.7 Å². The summed E-state index contributed by atoms with van der Waals surface area (Å²) in [6.45, 7) is 1.83. The molecule has 0 spiro atoms. The van der Waals surface area contributed by atoms with Crippen molar-refractivity contribution in [2.24, 2.45) is 5.41 Å². The molecule has 1 atom stereocenters. The van der Waals surface area contributed by atoms with Crippen LogP contribution in [0, 0.1) is 11.2 Å². The van der Waals surface area contributed by atoms with Crippen LogP contribution in [0.5, 0.6) is 5.75 Å². The quantitative estimate of drug-likeness (QED) is 0.176. The van der Waals surface area contributed by atoms with Gasteiger partial charge in [-0.05, 0) is 55.2 Å². The molecule has 8 nitrogen and oxygen atoms in total. The Balaban J connectivity index is 1.53. The van der Waals surface area contributed by atoms with Gasteiger partial charge in [0.1, 0.15) is 41.3 Å². The first-order valence-electron chi connectivity index (χ1n) is 13.5. The largest absolute Gasteiger partial charge is 0.490 e. The van der Waals surface area contributed by atoms with E-state index in [1.165, 1.54) is 25.6 Å². The highest BCUT2D eigenvalue weighted by atomic mass is 19.4. The van der Waals surface area contributed by atoms with E-state index in [1.807, 2.05) is 6.07 Å². The maximum atomic E-state index is 13.7. The zero-order valence-electron chi connectivity index (χ0n) is 23.0. The molecule has 1 aliphatic carbocycles. The minimum Gasteiger partial charge on any atom is -0.490 e. The van der Waals surface area contributed by atoms with Crippen molar-refractivity contribution < 1.29 is 31.8 Å². The van der Waals surface area contributed by atoms with Crippen LogP contribution in [-0.4, -0.2) is 39.6 Å². The van der Waals surface area contributed by atoms with Crippen molar-refractivity contribution in [2.75, 3.05) is 19.0 Å². The fourth-order valence-corrected chi connectivity index (χ4v) is 5.23. The summed E-state index contributed by atoms with van der Waals surface area (Å²) in [6, 6.07) is 9.06. The topological polar surface area (TPSA) is 99.1 Å². The third kappa shape index (κ3) is 6.12. The monoisotopic (exact) mass is 583 g/mol. The number of benzene rings is 2. The van der Waals surface area contributed by atoms with Crippen molar-refractivity contribution in [2.45, 2.75) is 51.2 Å². The van der Waals surface area contributed by atoms with Gasteiger partial charge in [-0.1, -0.05) is 31.4 Å². The number of nitrogens with zero attached hydrogens (tertiary/aromatic N) is 4. The van der Waals surface area contributed by atoms with Crippen LogP contribution in [0.3, 0.4) is 0 Å². The van der Waals surface area contributed by atoms with Gasteiger partial charge >= 0.3 is 12.1 Å². The molecule has 0 radical (unpaired) electrons. The van der Waals surface area contributed by atoms with Gasteiger partial charge in [-0.25, -0.2) is 24.3 Å². The second kappa shape index (κ2) is 11.9. The van der Waals surface area contributed by atoms with Gasteiger partial charge in [0.25, 0.3) is 0 Å². The van der Waals surface area contributed by atoms with E-state index in [4.69, 9.17) is 9.47 Å². The highest BCUT2D eigenvalue weighted by Gasteiger charge is 2.42. The molecule has 1 saturated carbocycles. The zero-order valence-corrected chi connectivity index (χ0v) is 23.0. The standard InChI is InChI=1S/C30H29F4N5O3/c1-18(21-14-35-27(36-15-21)30(32,33)34)39-26-23-12-20(19-6-8-22(31)9-7-19)13-24(25(23)37-17-38-26)42-16-29(28(40)41-2)10-4-3-5-11-29/h6-9,12-15,17-18H,3-5,10-11,16H2,1-2H3,(H,37,38,39). The Bertz CT molecular complexity index is 1560. The smallest absolute Gasteiger partial charge is 0.451 e. The molecule has 0 saturated heterocycles. The van der Waals surface area contributed by atoms with Gasteiger partial charge in [-0.3, -0.25) is 4.79 Å². The number of alkyl halides is 3. The molecule has 1 aliphatic rings. The van der Waals surface area contributed by atoms with E-state index in [1.54, 1.807) is 25.1 Å². The highest BCUT2D eigenvalue weighted by Crippen LogP contribution is 2.40. The van der Waals surface area contributed by atoms with Crippen LogP contribution < -0.4 is 10.1 Å². The van der Waals surface area contributed by atoms with Gasteiger partial charge in [0.2, 0.25) is 5.82 Å². The molecule has 0 aliphatic heterocycles. The number of hydrogen-bond donors (Lipinski definition) is 1. The van der Waals surface area contributed by atoms with Gasteiger partial charge in [0, 0.05) is 23.3 Å². The summed E-state index contributed by atoms with van der Waals surface area (Å²) < 4.78 is 64.0. The van der Waals surface area contributed by atoms with Gasteiger partial charge in [0.15, 0.2) is 0 Å². The van der Waals surface area contributed by atoms with Crippen LogP contribution in [0.1, 0.15) is 56.5 Å². The van der Waals surface area contributed by atoms with Gasteiger partial charge < -0.3 is 14.8 Å². The van der Waals surface area contributed by atoms with Crippen LogP contribution in [-0.2, 0) is 15.7 Å². The average molecular weight is 584 g/mol. The second-order valence-electron chi connectivity index (χ2n) is 10.4. The first kappa shape index (κ1) is 29.2. The molecule has 2 heterocycles. The van der Waals surface area contributed by atoms with Crippen molar-refractivity contribution >= 4 is 22.7 Å². The van der Waals surface area contributed by atoms with Crippen LogP contribution >= 0.6 is 0 Å². The van der Waals surface area contributed by atoms with Crippen molar-refractivity contribution in [3.8, 4) is 16.9 Å². The summed E-state index contributed by atoms with van der Waals surface area (Å²) in [5, 5.41) is 3.77. The Morgan fingerprint density at radius 2 is 1.69 bits per heavy atom. The third-order valence-electron chi connectivity index (χ3n) is 7.59. The molecule has 2 aromatic heterocycles. The minimum atomic E-state index is -4.64. The lowest BCUT2D eigenvalue weighted by molar-refractivity contribution is -0.157. The summed E-state index contributed by atoms with van der Waals surface area (Å²) in [6.07, 6.45) is 3.03. The number of rotatable bonds is 8. The Labute approximate surface area is 239 Å². The summed E-state index contributed by atoms with van der Waals surface area (Å²) in [5.74, 6) is -1.13. The van der Waals surface area contributed by atoms with Crippen molar-refractivity contribution in [3.05, 3.63) is 72.3 Å². The van der Waals surface area contributed by atoms with E-state index in [0.29, 0.717) is 52.0 Å². The van der Waals surface area contributed by atoms with E-state index in [9.17, 15) is 22.4 Å². The summed E-state index contributed by atoms with van der Waals surface area (Å²) in [5.41, 5.74) is 1.50. The normalized spacial score (nSPS) is 15.7. The summed E-state index contributed by atoms with van der Waals surface area (Å²) in [4.78, 5) is 28.6. The second-order valence-corrected chi connectivity index (χ2v) is 10.4. The van der Waals surface area contributed by atoms with Crippen LogP contribution in [0.25, 0.3) is 22.0 Å². The molecule has 2 aromatic carbocycles. The Kier molecular flexibility index (Phi) is 8.24. The third-order valence-corrected chi connectivity index (χ3v) is 7.59. The minimum absolute atomic E-state index is 0.0910. The summed E-state index contributed by atoms with van der Waals surface area (Å²) in [7, 11) is 1.37. The Morgan fingerprint density at radius 1 is 1.00 bits per heavy atom. The molecule has 4 aromatic rings. The van der Waals surface area contributed by atoms with E-state index >= 15 is 0 Å². The average Bonchev–Trinajstić information content (AvgIpc) is 3.00. The number of carbonyl (C=O) groups excluding carboxylic acids is 1. The highest BCUT2D eigenvalue weighted by molar-refractivity contribution is 5.96. The number of carbonyl (C=O) groups is 1. The molecular weight excluding hydrogens is 554 g/mol.